The second-order valence-electron chi connectivity index (χ2n) is 5.52. The molecule has 0 unspecified atom stereocenters. The Kier molecular flexibility index (Phi) is 5.00. The molecule has 3 rings (SSSR count). The van der Waals surface area contributed by atoms with E-state index in [9.17, 15) is 9.59 Å². The average molecular weight is 349 g/mol. The highest BCUT2D eigenvalue weighted by molar-refractivity contribution is 6.30. The van der Waals surface area contributed by atoms with Crippen LogP contribution < -0.4 is 16.0 Å². The summed E-state index contributed by atoms with van der Waals surface area (Å²) in [5.74, 6) is 0.582. The number of carbonyl (C=O) groups is 2. The molecule has 1 atom stereocenters. The zero-order valence-corrected chi connectivity index (χ0v) is 13.6. The number of hydrogen-bond acceptors (Lipinski definition) is 4. The Morgan fingerprint density at radius 1 is 1.33 bits per heavy atom. The molecule has 0 spiro atoms. The van der Waals surface area contributed by atoms with Crippen molar-refractivity contribution in [2.75, 3.05) is 11.9 Å². The van der Waals surface area contributed by atoms with Crippen LogP contribution in [0, 0.1) is 0 Å². The molecule has 0 saturated carbocycles. The van der Waals surface area contributed by atoms with Crippen LogP contribution in [-0.4, -0.2) is 29.7 Å². The lowest BCUT2D eigenvalue weighted by molar-refractivity contribution is -0.122. The normalized spacial score (nSPS) is 17.7. The van der Waals surface area contributed by atoms with Gasteiger partial charge in [0.05, 0.1) is 0 Å². The quantitative estimate of drug-likeness (QED) is 0.794. The molecule has 1 aliphatic heterocycles. The van der Waals surface area contributed by atoms with Crippen LogP contribution in [-0.2, 0) is 4.79 Å². The van der Waals surface area contributed by atoms with Gasteiger partial charge in [0.15, 0.2) is 11.6 Å². The smallest absolute Gasteiger partial charge is 0.321 e. The molecule has 24 heavy (non-hydrogen) atoms. The van der Waals surface area contributed by atoms with Crippen LogP contribution in [0.25, 0.3) is 11.3 Å². The molecule has 3 N–H and O–H groups in total. The molecule has 0 radical (unpaired) electrons. The van der Waals surface area contributed by atoms with E-state index >= 15 is 0 Å². The molecule has 0 bridgehead atoms. The van der Waals surface area contributed by atoms with Crippen LogP contribution in [0.15, 0.2) is 34.9 Å². The first-order chi connectivity index (χ1) is 11.6. The predicted octanol–water partition coefficient (Wildman–Crippen LogP) is 2.79. The number of aromatic nitrogens is 1. The largest absolute Gasteiger partial charge is 0.354 e. The van der Waals surface area contributed by atoms with Crippen LogP contribution in [0.5, 0.6) is 0 Å². The Morgan fingerprint density at radius 2 is 2.21 bits per heavy atom. The molecule has 1 aromatic heterocycles. The van der Waals surface area contributed by atoms with Gasteiger partial charge in [-0.2, -0.15) is 0 Å². The molecule has 2 heterocycles. The highest BCUT2D eigenvalue weighted by atomic mass is 35.5. The molecule has 0 aliphatic carbocycles. The second kappa shape index (κ2) is 7.35. The van der Waals surface area contributed by atoms with E-state index in [-0.39, 0.29) is 11.7 Å². The van der Waals surface area contributed by atoms with Gasteiger partial charge in [-0.3, -0.25) is 10.1 Å². The summed E-state index contributed by atoms with van der Waals surface area (Å²) in [5.41, 5.74) is 0.756. The fraction of sp³-hybridized carbons (Fsp3) is 0.312. The van der Waals surface area contributed by atoms with Crippen molar-refractivity contribution in [3.05, 3.63) is 35.4 Å². The van der Waals surface area contributed by atoms with E-state index in [0.29, 0.717) is 23.7 Å². The van der Waals surface area contributed by atoms with Crippen molar-refractivity contribution in [3.63, 3.8) is 0 Å². The lowest BCUT2D eigenvalue weighted by atomic mass is 10.1. The van der Waals surface area contributed by atoms with Gasteiger partial charge >= 0.3 is 6.03 Å². The standard InChI is InChI=1S/C16H17ClN4O3/c17-11-5-3-4-10(8-11)13-9-14(21-24-13)20-16(23)19-12-6-1-2-7-18-15(12)22/h3-5,8-9,12H,1-2,6-7H2,(H,18,22)(H2,19,20,21,23)/t12-/m0/s1. The molecule has 1 fully saturated rings. The number of benzene rings is 1. The van der Waals surface area contributed by atoms with Crippen LogP contribution in [0.2, 0.25) is 5.02 Å². The van der Waals surface area contributed by atoms with E-state index in [1.54, 1.807) is 24.3 Å². The minimum absolute atomic E-state index is 0.164. The van der Waals surface area contributed by atoms with E-state index < -0.39 is 12.1 Å². The molecular weight excluding hydrogens is 332 g/mol. The SMILES string of the molecule is O=C(Nc1cc(-c2cccc(Cl)c2)on1)N[C@H]1CCCCNC1=O. The number of halogens is 1. The molecule has 126 valence electrons. The summed E-state index contributed by atoms with van der Waals surface area (Å²) in [6.45, 7) is 0.644. The Balaban J connectivity index is 1.62. The van der Waals surface area contributed by atoms with Crippen LogP contribution in [0.4, 0.5) is 10.6 Å². The van der Waals surface area contributed by atoms with Crippen molar-refractivity contribution in [1.82, 2.24) is 15.8 Å². The zero-order chi connectivity index (χ0) is 16.9. The van der Waals surface area contributed by atoms with Gasteiger partial charge in [0.2, 0.25) is 5.91 Å². The molecule has 8 heteroatoms. The van der Waals surface area contributed by atoms with E-state index in [2.05, 4.69) is 21.1 Å². The Morgan fingerprint density at radius 3 is 3.04 bits per heavy atom. The van der Waals surface area contributed by atoms with Crippen molar-refractivity contribution < 1.29 is 14.1 Å². The molecule has 1 aliphatic rings. The van der Waals surface area contributed by atoms with Crippen LogP contribution in [0.3, 0.4) is 0 Å². The van der Waals surface area contributed by atoms with E-state index in [1.807, 2.05) is 6.07 Å². The topological polar surface area (TPSA) is 96.3 Å². The maximum absolute atomic E-state index is 12.0. The maximum Gasteiger partial charge on any atom is 0.321 e. The van der Waals surface area contributed by atoms with Gasteiger partial charge in [0.1, 0.15) is 6.04 Å². The lowest BCUT2D eigenvalue weighted by Gasteiger charge is -2.14. The molecule has 1 aromatic carbocycles. The number of hydrogen-bond donors (Lipinski definition) is 3. The summed E-state index contributed by atoms with van der Waals surface area (Å²) in [6.07, 6.45) is 2.41. The van der Waals surface area contributed by atoms with Crippen molar-refractivity contribution in [1.29, 1.82) is 0 Å². The number of urea groups is 1. The average Bonchev–Trinajstić information content (AvgIpc) is 2.92. The fourth-order valence-corrected chi connectivity index (χ4v) is 2.69. The van der Waals surface area contributed by atoms with Crippen molar-refractivity contribution >= 4 is 29.4 Å². The lowest BCUT2D eigenvalue weighted by Crippen LogP contribution is -2.47. The van der Waals surface area contributed by atoms with Gasteiger partial charge in [-0.15, -0.1) is 0 Å². The number of carbonyl (C=O) groups excluding carboxylic acids is 2. The molecule has 7 nitrogen and oxygen atoms in total. The first kappa shape index (κ1) is 16.3. The highest BCUT2D eigenvalue weighted by Gasteiger charge is 2.22. The monoisotopic (exact) mass is 348 g/mol. The number of anilines is 1. The first-order valence-corrected chi connectivity index (χ1v) is 8.07. The van der Waals surface area contributed by atoms with Crippen LogP contribution >= 0.6 is 11.6 Å². The third-order valence-electron chi connectivity index (χ3n) is 3.70. The summed E-state index contributed by atoms with van der Waals surface area (Å²) in [7, 11) is 0. The Bertz CT molecular complexity index is 746. The summed E-state index contributed by atoms with van der Waals surface area (Å²) in [6, 6.07) is 7.68. The molecule has 2 aromatic rings. The molecule has 3 amide bonds. The third kappa shape index (κ3) is 4.05. The van der Waals surface area contributed by atoms with Gasteiger partial charge in [0.25, 0.3) is 0 Å². The second-order valence-corrected chi connectivity index (χ2v) is 5.96. The highest BCUT2D eigenvalue weighted by Crippen LogP contribution is 2.24. The molecule has 1 saturated heterocycles. The van der Waals surface area contributed by atoms with Crippen molar-refractivity contribution in [3.8, 4) is 11.3 Å². The van der Waals surface area contributed by atoms with Gasteiger partial charge in [-0.25, -0.2) is 4.79 Å². The van der Waals surface area contributed by atoms with Gasteiger partial charge < -0.3 is 15.2 Å². The van der Waals surface area contributed by atoms with E-state index in [4.69, 9.17) is 16.1 Å². The minimum atomic E-state index is -0.535. The van der Waals surface area contributed by atoms with Gasteiger partial charge in [-0.05, 0) is 31.4 Å². The summed E-state index contributed by atoms with van der Waals surface area (Å²) in [5, 5.41) is 12.4. The van der Waals surface area contributed by atoms with Crippen molar-refractivity contribution in [2.45, 2.75) is 25.3 Å². The third-order valence-corrected chi connectivity index (χ3v) is 3.94. The van der Waals surface area contributed by atoms with E-state index in [1.165, 1.54) is 0 Å². The van der Waals surface area contributed by atoms with Crippen molar-refractivity contribution in [2.24, 2.45) is 0 Å². The fourth-order valence-electron chi connectivity index (χ4n) is 2.50. The molecular formula is C16H17ClN4O3. The first-order valence-electron chi connectivity index (χ1n) is 7.70. The van der Waals surface area contributed by atoms with Gasteiger partial charge in [0, 0.05) is 23.2 Å². The summed E-state index contributed by atoms with van der Waals surface area (Å²) < 4.78 is 5.21. The summed E-state index contributed by atoms with van der Waals surface area (Å²) >= 11 is 5.94. The Labute approximate surface area is 143 Å². The minimum Gasteiger partial charge on any atom is -0.354 e. The number of nitrogens with one attached hydrogen (secondary N) is 3. The zero-order valence-electron chi connectivity index (χ0n) is 12.8. The Hall–Kier alpha value is -2.54. The summed E-state index contributed by atoms with van der Waals surface area (Å²) in [4.78, 5) is 23.9. The van der Waals surface area contributed by atoms with Gasteiger partial charge in [-0.1, -0.05) is 28.9 Å². The number of amides is 3. The maximum atomic E-state index is 12.0. The number of nitrogens with zero attached hydrogens (tertiary/aromatic N) is 1. The number of rotatable bonds is 3. The van der Waals surface area contributed by atoms with Crippen LogP contribution in [0.1, 0.15) is 19.3 Å². The predicted molar refractivity (Wildman–Crippen MR) is 89.8 cm³/mol. The van der Waals surface area contributed by atoms with E-state index in [0.717, 1.165) is 18.4 Å².